The molecule has 0 N–H and O–H groups in total. The first-order valence-corrected chi connectivity index (χ1v) is 10.7. The van der Waals surface area contributed by atoms with Crippen LogP contribution in [-0.2, 0) is 20.7 Å². The van der Waals surface area contributed by atoms with Gasteiger partial charge in [0, 0.05) is 12.3 Å². The van der Waals surface area contributed by atoms with Crippen molar-refractivity contribution in [1.29, 1.82) is 0 Å². The molecule has 0 amide bonds. The quantitative estimate of drug-likeness (QED) is 0.573. The number of aryl methyl sites for hydroxylation is 1. The minimum absolute atomic E-state index is 0.0949. The van der Waals surface area contributed by atoms with Crippen LogP contribution in [0.15, 0.2) is 18.2 Å². The molecule has 0 radical (unpaired) electrons. The van der Waals surface area contributed by atoms with E-state index in [1.807, 2.05) is 0 Å². The first-order chi connectivity index (χ1) is 13.4. The van der Waals surface area contributed by atoms with Crippen molar-refractivity contribution in [2.45, 2.75) is 70.3 Å². The topological polar surface area (TPSA) is 52.6 Å². The molecule has 1 aromatic carbocycles. The molecule has 0 aromatic heterocycles. The highest BCUT2D eigenvalue weighted by Crippen LogP contribution is 2.79. The Labute approximate surface area is 167 Å². The second kappa shape index (κ2) is 5.84. The first-order valence-electron chi connectivity index (χ1n) is 10.7. The van der Waals surface area contributed by atoms with Gasteiger partial charge in [0.05, 0.1) is 13.0 Å². The number of carbonyl (C=O) groups is 2. The van der Waals surface area contributed by atoms with Crippen molar-refractivity contribution in [2.75, 3.05) is 7.11 Å². The Kier molecular flexibility index (Phi) is 3.80. The number of hydrogen-bond acceptors (Lipinski definition) is 4. The molecule has 0 aliphatic heterocycles. The lowest BCUT2D eigenvalue weighted by Crippen LogP contribution is -2.54. The van der Waals surface area contributed by atoms with Crippen molar-refractivity contribution in [3.8, 4) is 5.75 Å². The molecule has 0 saturated heterocycles. The minimum Gasteiger partial charge on any atom is -0.497 e. The maximum atomic E-state index is 12.1. The van der Waals surface area contributed by atoms with Crippen LogP contribution in [-0.4, -0.2) is 25.0 Å². The summed E-state index contributed by atoms with van der Waals surface area (Å²) in [5.74, 6) is 1.64. The second-order valence-electron chi connectivity index (χ2n) is 9.77. The largest absolute Gasteiger partial charge is 0.497 e. The highest BCUT2D eigenvalue weighted by molar-refractivity contribution is 5.69. The van der Waals surface area contributed by atoms with Gasteiger partial charge in [-0.15, -0.1) is 0 Å². The third kappa shape index (κ3) is 1.97. The van der Waals surface area contributed by atoms with E-state index in [0.717, 1.165) is 57.0 Å². The average molecular weight is 383 g/mol. The number of aldehydes is 1. The normalized spacial score (nSPS) is 42.9. The number of hydrogen-bond donors (Lipinski definition) is 0. The molecule has 2 bridgehead atoms. The van der Waals surface area contributed by atoms with Gasteiger partial charge in [0.1, 0.15) is 17.6 Å². The number of rotatable bonds is 3. The van der Waals surface area contributed by atoms with Gasteiger partial charge in [-0.1, -0.05) is 13.0 Å². The van der Waals surface area contributed by atoms with Crippen LogP contribution in [0.2, 0.25) is 0 Å². The molecule has 4 aliphatic rings. The van der Waals surface area contributed by atoms with Gasteiger partial charge >= 0.3 is 5.97 Å². The molecule has 0 unspecified atom stereocenters. The Balaban J connectivity index is 1.59. The van der Waals surface area contributed by atoms with Crippen molar-refractivity contribution in [3.05, 3.63) is 29.3 Å². The predicted molar refractivity (Wildman–Crippen MR) is 105 cm³/mol. The smallest absolute Gasteiger partial charge is 0.303 e. The van der Waals surface area contributed by atoms with E-state index in [0.29, 0.717) is 11.8 Å². The Morgan fingerprint density at radius 1 is 1.21 bits per heavy atom. The van der Waals surface area contributed by atoms with Gasteiger partial charge in [-0.25, -0.2) is 0 Å². The van der Waals surface area contributed by atoms with Crippen LogP contribution in [0.1, 0.15) is 69.4 Å². The number of ether oxygens (including phenoxy) is 2. The zero-order valence-corrected chi connectivity index (χ0v) is 17.1. The number of esters is 1. The number of carbonyl (C=O) groups excluding carboxylic acids is 2. The first kappa shape index (κ1) is 18.2. The van der Waals surface area contributed by atoms with Crippen LogP contribution in [0, 0.1) is 22.7 Å². The summed E-state index contributed by atoms with van der Waals surface area (Å²) >= 11 is 0. The van der Waals surface area contributed by atoms with Crippen molar-refractivity contribution in [1.82, 2.24) is 0 Å². The van der Waals surface area contributed by atoms with Crippen LogP contribution in [0.5, 0.6) is 5.75 Å². The fourth-order valence-corrected chi connectivity index (χ4v) is 8.20. The maximum absolute atomic E-state index is 12.1. The second-order valence-corrected chi connectivity index (χ2v) is 9.77. The van der Waals surface area contributed by atoms with E-state index in [2.05, 4.69) is 25.1 Å². The number of benzene rings is 1. The molecule has 150 valence electrons. The fourth-order valence-electron chi connectivity index (χ4n) is 8.20. The van der Waals surface area contributed by atoms with Crippen LogP contribution in [0.4, 0.5) is 0 Å². The van der Waals surface area contributed by atoms with E-state index in [1.165, 1.54) is 18.1 Å². The van der Waals surface area contributed by atoms with Crippen LogP contribution < -0.4 is 4.74 Å². The van der Waals surface area contributed by atoms with Gasteiger partial charge in [-0.3, -0.25) is 4.79 Å². The molecular weight excluding hydrogens is 352 g/mol. The van der Waals surface area contributed by atoms with E-state index in [9.17, 15) is 9.59 Å². The van der Waals surface area contributed by atoms with Gasteiger partial charge in [0.25, 0.3) is 0 Å². The lowest BCUT2D eigenvalue weighted by atomic mass is 9.48. The summed E-state index contributed by atoms with van der Waals surface area (Å²) in [6, 6.07) is 6.57. The van der Waals surface area contributed by atoms with Gasteiger partial charge in [0.2, 0.25) is 0 Å². The lowest BCUT2D eigenvalue weighted by Gasteiger charge is -2.56. The van der Waals surface area contributed by atoms with Crippen molar-refractivity contribution in [2.24, 2.45) is 22.7 Å². The number of fused-ring (bicyclic) bond motifs is 3. The summed E-state index contributed by atoms with van der Waals surface area (Å²) in [6.07, 6.45) is 8.24. The van der Waals surface area contributed by atoms with E-state index >= 15 is 0 Å². The summed E-state index contributed by atoms with van der Waals surface area (Å²) in [4.78, 5) is 24.1. The standard InChI is InChI=1S/C24H30O4/c1-15(26)28-24-11-10-23(13-17(24)14-25)21-7-4-16-12-18(27-3)5-6-19(16)20(21)8-9-22(23,24)2/h5-6,12,14,17,20-21H,4,7-11,13H2,1-3H3/t17-,20+,21+,22-,23-,24+/m0/s1. The third-order valence-corrected chi connectivity index (χ3v) is 9.27. The lowest BCUT2D eigenvalue weighted by molar-refractivity contribution is -0.180. The van der Waals surface area contributed by atoms with E-state index in [4.69, 9.17) is 9.47 Å². The zero-order valence-electron chi connectivity index (χ0n) is 17.1. The molecule has 6 atom stereocenters. The molecule has 1 aromatic rings. The summed E-state index contributed by atoms with van der Waals surface area (Å²) in [5.41, 5.74) is 2.32. The fraction of sp³-hybridized carbons (Fsp3) is 0.667. The Hall–Kier alpha value is -1.84. The monoisotopic (exact) mass is 382 g/mol. The van der Waals surface area contributed by atoms with E-state index in [1.54, 1.807) is 7.11 Å². The predicted octanol–water partition coefficient (Wildman–Crippen LogP) is 4.44. The minimum atomic E-state index is -0.592. The molecule has 0 spiro atoms. The van der Waals surface area contributed by atoms with Crippen LogP contribution >= 0.6 is 0 Å². The van der Waals surface area contributed by atoms with Crippen LogP contribution in [0.25, 0.3) is 0 Å². The molecule has 3 fully saturated rings. The van der Waals surface area contributed by atoms with Gasteiger partial charge in [-0.05, 0) is 85.5 Å². The SMILES string of the molecule is COc1ccc2c(c1)CC[C@@H]1[C@@H]2CC[C@@]2(C)[C@]13CC[C@@]2(OC(C)=O)[C@H](C=O)C3. The maximum Gasteiger partial charge on any atom is 0.303 e. The Bertz CT molecular complexity index is 847. The van der Waals surface area contributed by atoms with E-state index < -0.39 is 5.60 Å². The molecule has 4 heteroatoms. The van der Waals surface area contributed by atoms with Gasteiger partial charge in [0.15, 0.2) is 0 Å². The van der Waals surface area contributed by atoms with Gasteiger partial charge in [-0.2, -0.15) is 0 Å². The van der Waals surface area contributed by atoms with Crippen molar-refractivity contribution >= 4 is 12.3 Å². The molecule has 3 saturated carbocycles. The Morgan fingerprint density at radius 3 is 2.75 bits per heavy atom. The highest BCUT2D eigenvalue weighted by Gasteiger charge is 2.78. The molecule has 0 heterocycles. The molecule has 28 heavy (non-hydrogen) atoms. The average Bonchev–Trinajstić information content (AvgIpc) is 3.06. The molecule has 4 aliphatic carbocycles. The molecular formula is C24H30O4. The van der Waals surface area contributed by atoms with E-state index in [-0.39, 0.29) is 22.7 Å². The Morgan fingerprint density at radius 2 is 2.04 bits per heavy atom. The summed E-state index contributed by atoms with van der Waals surface area (Å²) in [7, 11) is 1.73. The van der Waals surface area contributed by atoms with Crippen LogP contribution in [0.3, 0.4) is 0 Å². The summed E-state index contributed by atoms with van der Waals surface area (Å²) < 4.78 is 11.5. The van der Waals surface area contributed by atoms with Crippen molar-refractivity contribution < 1.29 is 19.1 Å². The zero-order chi connectivity index (χ0) is 19.7. The van der Waals surface area contributed by atoms with Gasteiger partial charge < -0.3 is 14.3 Å². The molecule has 4 nitrogen and oxygen atoms in total. The van der Waals surface area contributed by atoms with Crippen molar-refractivity contribution in [3.63, 3.8) is 0 Å². The summed E-state index contributed by atoms with van der Waals surface area (Å²) in [5, 5.41) is 0. The third-order valence-electron chi connectivity index (χ3n) is 9.27. The number of methoxy groups -OCH3 is 1. The highest BCUT2D eigenvalue weighted by atomic mass is 16.6. The summed E-state index contributed by atoms with van der Waals surface area (Å²) in [6.45, 7) is 3.82. The molecule has 5 rings (SSSR count).